The molecule has 0 aromatic heterocycles. The molecule has 0 heterocycles. The number of ether oxygens (including phenoxy) is 1. The fourth-order valence-electron chi connectivity index (χ4n) is 1.98. The zero-order valence-electron chi connectivity index (χ0n) is 8.79. The topological polar surface area (TPSA) is 59.0 Å². The molecule has 0 aliphatic heterocycles. The summed E-state index contributed by atoms with van der Waals surface area (Å²) >= 11 is 0. The molecule has 0 unspecified atom stereocenters. The molecule has 1 fully saturated rings. The third-order valence-corrected chi connectivity index (χ3v) is 3.11. The van der Waals surface area contributed by atoms with Gasteiger partial charge in [-0.3, -0.25) is 0 Å². The standard InChI is InChI=1S/C12H14N2O/c1-15-11-6-5-9(8-3-2-4-8)10(7-13)12(11)14/h5-6,8H,2-4,14H2,1H3. The molecule has 3 heteroatoms. The van der Waals surface area contributed by atoms with Crippen molar-refractivity contribution < 1.29 is 4.74 Å². The summed E-state index contributed by atoms with van der Waals surface area (Å²) in [5.41, 5.74) is 8.03. The lowest BCUT2D eigenvalue weighted by Gasteiger charge is -2.27. The monoisotopic (exact) mass is 202 g/mol. The van der Waals surface area contributed by atoms with Crippen LogP contribution < -0.4 is 10.5 Å². The summed E-state index contributed by atoms with van der Waals surface area (Å²) in [7, 11) is 1.57. The Morgan fingerprint density at radius 1 is 1.47 bits per heavy atom. The van der Waals surface area contributed by atoms with Crippen molar-refractivity contribution in [2.45, 2.75) is 25.2 Å². The number of methoxy groups -OCH3 is 1. The lowest BCUT2D eigenvalue weighted by Crippen LogP contribution is -2.12. The summed E-state index contributed by atoms with van der Waals surface area (Å²) in [4.78, 5) is 0. The van der Waals surface area contributed by atoms with Crippen molar-refractivity contribution in [2.24, 2.45) is 0 Å². The van der Waals surface area contributed by atoms with E-state index in [1.165, 1.54) is 19.3 Å². The molecule has 0 amide bonds. The van der Waals surface area contributed by atoms with E-state index in [1.807, 2.05) is 12.1 Å². The van der Waals surface area contributed by atoms with Gasteiger partial charge in [-0.05, 0) is 30.4 Å². The van der Waals surface area contributed by atoms with Crippen LogP contribution >= 0.6 is 0 Å². The van der Waals surface area contributed by atoms with E-state index in [9.17, 15) is 0 Å². The number of rotatable bonds is 2. The summed E-state index contributed by atoms with van der Waals surface area (Å²) < 4.78 is 5.10. The van der Waals surface area contributed by atoms with Crippen molar-refractivity contribution in [3.8, 4) is 11.8 Å². The second kappa shape index (κ2) is 3.82. The minimum Gasteiger partial charge on any atom is -0.495 e. The molecule has 0 radical (unpaired) electrons. The van der Waals surface area contributed by atoms with Crippen molar-refractivity contribution in [3.05, 3.63) is 23.3 Å². The second-order valence-electron chi connectivity index (χ2n) is 3.89. The first-order valence-corrected chi connectivity index (χ1v) is 5.14. The molecule has 15 heavy (non-hydrogen) atoms. The first-order valence-electron chi connectivity index (χ1n) is 5.14. The van der Waals surface area contributed by atoms with E-state index in [2.05, 4.69) is 6.07 Å². The Morgan fingerprint density at radius 2 is 2.20 bits per heavy atom. The number of nitrogens with zero attached hydrogens (tertiary/aromatic N) is 1. The minimum atomic E-state index is 0.476. The molecule has 3 nitrogen and oxygen atoms in total. The molecule has 78 valence electrons. The van der Waals surface area contributed by atoms with Crippen molar-refractivity contribution in [1.82, 2.24) is 0 Å². The van der Waals surface area contributed by atoms with Crippen molar-refractivity contribution in [2.75, 3.05) is 12.8 Å². The lowest BCUT2D eigenvalue weighted by atomic mass is 9.78. The van der Waals surface area contributed by atoms with Gasteiger partial charge in [0.15, 0.2) is 0 Å². The molecule has 0 spiro atoms. The fraction of sp³-hybridized carbons (Fsp3) is 0.417. The van der Waals surface area contributed by atoms with Crippen LogP contribution in [0.5, 0.6) is 5.75 Å². The summed E-state index contributed by atoms with van der Waals surface area (Å²) in [6, 6.07) is 6.00. The van der Waals surface area contributed by atoms with Crippen LogP contribution in [-0.2, 0) is 0 Å². The Balaban J connectivity index is 2.47. The van der Waals surface area contributed by atoms with Crippen LogP contribution in [0.25, 0.3) is 0 Å². The zero-order valence-corrected chi connectivity index (χ0v) is 8.79. The molecule has 2 rings (SSSR count). The van der Waals surface area contributed by atoms with E-state index in [-0.39, 0.29) is 0 Å². The van der Waals surface area contributed by atoms with Gasteiger partial charge in [0.2, 0.25) is 0 Å². The highest BCUT2D eigenvalue weighted by atomic mass is 16.5. The van der Waals surface area contributed by atoms with Gasteiger partial charge in [0, 0.05) is 0 Å². The molecule has 0 saturated heterocycles. The maximum Gasteiger partial charge on any atom is 0.143 e. The maximum absolute atomic E-state index is 9.10. The Kier molecular flexibility index (Phi) is 2.51. The average molecular weight is 202 g/mol. The van der Waals surface area contributed by atoms with Crippen molar-refractivity contribution in [1.29, 1.82) is 5.26 Å². The van der Waals surface area contributed by atoms with E-state index in [1.54, 1.807) is 7.11 Å². The number of anilines is 1. The molecular weight excluding hydrogens is 188 g/mol. The number of nitrogen functional groups attached to an aromatic ring is 1. The zero-order chi connectivity index (χ0) is 10.8. The second-order valence-corrected chi connectivity index (χ2v) is 3.89. The van der Waals surface area contributed by atoms with Crippen LogP contribution in [0.4, 0.5) is 5.69 Å². The molecule has 2 N–H and O–H groups in total. The first-order chi connectivity index (χ1) is 7.27. The van der Waals surface area contributed by atoms with Crippen LogP contribution in [0.3, 0.4) is 0 Å². The molecule has 1 aromatic rings. The molecule has 0 bridgehead atoms. The van der Waals surface area contributed by atoms with Crippen LogP contribution in [-0.4, -0.2) is 7.11 Å². The predicted molar refractivity (Wildman–Crippen MR) is 58.7 cm³/mol. The number of nitrogens with two attached hydrogens (primary N) is 1. The van der Waals surface area contributed by atoms with Crippen LogP contribution in [0.1, 0.15) is 36.3 Å². The van der Waals surface area contributed by atoms with Gasteiger partial charge in [-0.2, -0.15) is 5.26 Å². The lowest BCUT2D eigenvalue weighted by molar-refractivity contribution is 0.410. The Labute approximate surface area is 89.5 Å². The molecular formula is C12H14N2O. The van der Waals surface area contributed by atoms with Crippen molar-refractivity contribution >= 4 is 5.69 Å². The first kappa shape index (κ1) is 9.85. The van der Waals surface area contributed by atoms with Gasteiger partial charge in [0.1, 0.15) is 11.8 Å². The number of hydrogen-bond donors (Lipinski definition) is 1. The summed E-state index contributed by atoms with van der Waals surface area (Å²) in [6.45, 7) is 0. The van der Waals surface area contributed by atoms with Gasteiger partial charge >= 0.3 is 0 Å². The number of hydrogen-bond acceptors (Lipinski definition) is 3. The Bertz CT molecular complexity index is 416. The minimum absolute atomic E-state index is 0.476. The highest BCUT2D eigenvalue weighted by molar-refractivity contribution is 5.66. The Morgan fingerprint density at radius 3 is 2.67 bits per heavy atom. The third kappa shape index (κ3) is 1.52. The highest BCUT2D eigenvalue weighted by Crippen LogP contribution is 2.41. The van der Waals surface area contributed by atoms with E-state index < -0.39 is 0 Å². The van der Waals surface area contributed by atoms with Gasteiger partial charge in [-0.15, -0.1) is 0 Å². The molecule has 1 aliphatic rings. The average Bonchev–Trinajstić information content (AvgIpc) is 2.16. The summed E-state index contributed by atoms with van der Waals surface area (Å²) in [6.07, 6.45) is 3.59. The molecule has 0 atom stereocenters. The predicted octanol–water partition coefficient (Wildman–Crippen LogP) is 2.42. The van der Waals surface area contributed by atoms with Crippen LogP contribution in [0, 0.1) is 11.3 Å². The third-order valence-electron chi connectivity index (χ3n) is 3.11. The quantitative estimate of drug-likeness (QED) is 0.749. The van der Waals surface area contributed by atoms with Gasteiger partial charge in [0.05, 0.1) is 18.4 Å². The van der Waals surface area contributed by atoms with E-state index >= 15 is 0 Å². The Hall–Kier alpha value is -1.69. The normalized spacial score (nSPS) is 15.5. The SMILES string of the molecule is COc1ccc(C2CCC2)c(C#N)c1N. The van der Waals surface area contributed by atoms with E-state index in [0.717, 1.165) is 5.56 Å². The van der Waals surface area contributed by atoms with Crippen LogP contribution in [0.2, 0.25) is 0 Å². The smallest absolute Gasteiger partial charge is 0.143 e. The largest absolute Gasteiger partial charge is 0.495 e. The summed E-state index contributed by atoms with van der Waals surface area (Å²) in [5.74, 6) is 1.11. The highest BCUT2D eigenvalue weighted by Gasteiger charge is 2.24. The van der Waals surface area contributed by atoms with Gasteiger partial charge in [-0.1, -0.05) is 12.5 Å². The fourth-order valence-corrected chi connectivity index (χ4v) is 1.98. The maximum atomic E-state index is 9.10. The molecule has 1 aliphatic carbocycles. The van der Waals surface area contributed by atoms with Crippen LogP contribution in [0.15, 0.2) is 12.1 Å². The number of benzene rings is 1. The van der Waals surface area contributed by atoms with Crippen molar-refractivity contribution in [3.63, 3.8) is 0 Å². The van der Waals surface area contributed by atoms with Gasteiger partial charge < -0.3 is 10.5 Å². The van der Waals surface area contributed by atoms with E-state index in [0.29, 0.717) is 22.9 Å². The number of nitriles is 1. The summed E-state index contributed by atoms with van der Waals surface area (Å²) in [5, 5.41) is 9.10. The molecule has 1 aromatic carbocycles. The van der Waals surface area contributed by atoms with Gasteiger partial charge in [0.25, 0.3) is 0 Å². The van der Waals surface area contributed by atoms with E-state index in [4.69, 9.17) is 15.7 Å². The molecule has 1 saturated carbocycles. The van der Waals surface area contributed by atoms with Gasteiger partial charge in [-0.25, -0.2) is 0 Å².